The molecular weight excluding hydrogens is 298 g/mol. The second-order valence-electron chi connectivity index (χ2n) is 5.75. The summed E-state index contributed by atoms with van der Waals surface area (Å²) in [7, 11) is 0. The van der Waals surface area contributed by atoms with Gasteiger partial charge in [-0.1, -0.05) is 18.2 Å². The van der Waals surface area contributed by atoms with Crippen molar-refractivity contribution in [2.75, 3.05) is 19.8 Å². The number of aromatic nitrogens is 1. The quantitative estimate of drug-likeness (QED) is 0.802. The molecule has 0 N–H and O–H groups in total. The van der Waals surface area contributed by atoms with E-state index in [2.05, 4.69) is 0 Å². The molecule has 1 saturated heterocycles. The highest BCUT2D eigenvalue weighted by Crippen LogP contribution is 2.42. The molecule has 1 aromatic carbocycles. The van der Waals surface area contributed by atoms with Crippen LogP contribution < -0.4 is 10.2 Å². The van der Waals surface area contributed by atoms with E-state index in [0.717, 1.165) is 0 Å². The summed E-state index contributed by atoms with van der Waals surface area (Å²) in [5, 5.41) is 0. The Hall–Kier alpha value is -2.60. The Morgan fingerprint density at radius 2 is 2.13 bits per heavy atom. The summed E-state index contributed by atoms with van der Waals surface area (Å²) < 4.78 is 18.8. The van der Waals surface area contributed by atoms with Crippen LogP contribution >= 0.6 is 0 Å². The molecule has 2 aliphatic heterocycles. The van der Waals surface area contributed by atoms with Crippen molar-refractivity contribution in [3.05, 3.63) is 64.4 Å². The first-order valence-electron chi connectivity index (χ1n) is 7.39. The van der Waals surface area contributed by atoms with Crippen molar-refractivity contribution in [1.82, 2.24) is 4.57 Å². The summed E-state index contributed by atoms with van der Waals surface area (Å²) in [6.45, 7) is 0.843. The summed E-state index contributed by atoms with van der Waals surface area (Å²) in [5.41, 5.74) is -0.399. The minimum atomic E-state index is -0.773. The molecule has 0 radical (unpaired) electrons. The smallest absolute Gasteiger partial charge is 0.338 e. The fraction of sp³-hybridized carbons (Fsp3) is 0.294. The SMILES string of the molecule is O=C(OC[C@@]12COC[C@@H]1n1ccc(=O)cc1O2)c1ccccc1. The minimum Gasteiger partial charge on any atom is -0.464 e. The van der Waals surface area contributed by atoms with E-state index in [1.165, 1.54) is 12.1 Å². The van der Waals surface area contributed by atoms with E-state index in [1.807, 2.05) is 10.6 Å². The molecule has 0 bridgehead atoms. The Kier molecular flexibility index (Phi) is 3.20. The number of fused-ring (bicyclic) bond motifs is 3. The van der Waals surface area contributed by atoms with E-state index in [1.54, 1.807) is 30.5 Å². The molecule has 4 rings (SSSR count). The van der Waals surface area contributed by atoms with Crippen molar-refractivity contribution in [2.24, 2.45) is 0 Å². The highest BCUT2D eigenvalue weighted by Gasteiger charge is 2.53. The molecule has 1 aromatic heterocycles. The summed E-state index contributed by atoms with van der Waals surface area (Å²) in [5.74, 6) is 0.0845. The number of hydrogen-bond acceptors (Lipinski definition) is 5. The van der Waals surface area contributed by atoms with Gasteiger partial charge < -0.3 is 18.8 Å². The first-order chi connectivity index (χ1) is 11.2. The molecule has 0 aliphatic carbocycles. The third-order valence-corrected chi connectivity index (χ3v) is 4.25. The molecular formula is C17H15NO5. The van der Waals surface area contributed by atoms with Gasteiger partial charge in [0.25, 0.3) is 0 Å². The van der Waals surface area contributed by atoms with Crippen LogP contribution in [0.2, 0.25) is 0 Å². The monoisotopic (exact) mass is 313 g/mol. The van der Waals surface area contributed by atoms with Crippen molar-refractivity contribution < 1.29 is 19.0 Å². The number of rotatable bonds is 3. The lowest BCUT2D eigenvalue weighted by atomic mass is 9.99. The van der Waals surface area contributed by atoms with Gasteiger partial charge in [-0.05, 0) is 12.1 Å². The predicted molar refractivity (Wildman–Crippen MR) is 80.6 cm³/mol. The predicted octanol–water partition coefficient (Wildman–Crippen LogP) is 1.41. The summed E-state index contributed by atoms with van der Waals surface area (Å²) in [6.07, 6.45) is 1.69. The van der Waals surface area contributed by atoms with Gasteiger partial charge in [0.1, 0.15) is 12.6 Å². The third-order valence-electron chi connectivity index (χ3n) is 4.25. The molecule has 2 aliphatic rings. The molecule has 0 amide bonds. The Morgan fingerprint density at radius 1 is 1.30 bits per heavy atom. The maximum Gasteiger partial charge on any atom is 0.338 e. The van der Waals surface area contributed by atoms with Gasteiger partial charge in [-0.25, -0.2) is 4.79 Å². The highest BCUT2D eigenvalue weighted by atomic mass is 16.6. The van der Waals surface area contributed by atoms with Gasteiger partial charge in [-0.3, -0.25) is 4.79 Å². The zero-order chi connectivity index (χ0) is 15.9. The maximum atomic E-state index is 12.1. The van der Waals surface area contributed by atoms with Crippen molar-refractivity contribution in [2.45, 2.75) is 11.6 Å². The lowest BCUT2D eigenvalue weighted by Crippen LogP contribution is -2.44. The summed E-state index contributed by atoms with van der Waals surface area (Å²) >= 11 is 0. The van der Waals surface area contributed by atoms with Gasteiger partial charge in [0, 0.05) is 18.3 Å². The topological polar surface area (TPSA) is 66.8 Å². The summed E-state index contributed by atoms with van der Waals surface area (Å²) in [6, 6.07) is 11.6. The van der Waals surface area contributed by atoms with E-state index in [9.17, 15) is 9.59 Å². The van der Waals surface area contributed by atoms with Crippen molar-refractivity contribution >= 4 is 5.97 Å². The molecule has 6 heteroatoms. The molecule has 0 saturated carbocycles. The summed E-state index contributed by atoms with van der Waals surface area (Å²) in [4.78, 5) is 23.6. The minimum absolute atomic E-state index is 0.0707. The van der Waals surface area contributed by atoms with E-state index in [-0.39, 0.29) is 18.1 Å². The third kappa shape index (κ3) is 2.31. The van der Waals surface area contributed by atoms with Crippen LogP contribution in [-0.2, 0) is 9.47 Å². The Balaban J connectivity index is 1.55. The Morgan fingerprint density at radius 3 is 2.96 bits per heavy atom. The molecule has 23 heavy (non-hydrogen) atoms. The van der Waals surface area contributed by atoms with Crippen LogP contribution in [0.4, 0.5) is 0 Å². The fourth-order valence-electron chi connectivity index (χ4n) is 3.05. The molecule has 1 fully saturated rings. The van der Waals surface area contributed by atoms with E-state index >= 15 is 0 Å². The standard InChI is InChI=1S/C17H15NO5/c19-13-6-7-18-14-9-21-10-17(14,23-15(18)8-13)11-22-16(20)12-4-2-1-3-5-12/h1-8,14H,9-11H2/t14-,17-/m0/s1. The van der Waals surface area contributed by atoms with Gasteiger partial charge in [0.05, 0.1) is 18.8 Å². The van der Waals surface area contributed by atoms with Gasteiger partial charge in [0.2, 0.25) is 0 Å². The molecule has 2 aromatic rings. The zero-order valence-electron chi connectivity index (χ0n) is 12.3. The lowest BCUT2D eigenvalue weighted by Gasteiger charge is -2.25. The second kappa shape index (κ2) is 5.24. The number of pyridine rings is 1. The molecule has 0 spiro atoms. The molecule has 2 atom stereocenters. The number of esters is 1. The normalized spacial score (nSPS) is 24.6. The number of nitrogens with zero attached hydrogens (tertiary/aromatic N) is 1. The average molecular weight is 313 g/mol. The van der Waals surface area contributed by atoms with E-state index < -0.39 is 11.6 Å². The van der Waals surface area contributed by atoms with Crippen LogP contribution in [0.5, 0.6) is 5.88 Å². The van der Waals surface area contributed by atoms with Crippen LogP contribution in [0.15, 0.2) is 53.5 Å². The Bertz CT molecular complexity index is 800. The van der Waals surface area contributed by atoms with Crippen molar-refractivity contribution in [3.63, 3.8) is 0 Å². The molecule has 0 unspecified atom stereocenters. The number of benzene rings is 1. The first kappa shape index (κ1) is 14.0. The lowest BCUT2D eigenvalue weighted by molar-refractivity contribution is -0.0160. The van der Waals surface area contributed by atoms with E-state index in [4.69, 9.17) is 14.2 Å². The van der Waals surface area contributed by atoms with Crippen LogP contribution in [0, 0.1) is 0 Å². The molecule has 6 nitrogen and oxygen atoms in total. The Labute approximate surface area is 132 Å². The first-order valence-corrected chi connectivity index (χ1v) is 7.39. The van der Waals surface area contributed by atoms with Gasteiger partial charge in [-0.2, -0.15) is 0 Å². The largest absolute Gasteiger partial charge is 0.464 e. The molecule has 118 valence electrons. The van der Waals surface area contributed by atoms with Crippen LogP contribution in [0.25, 0.3) is 0 Å². The van der Waals surface area contributed by atoms with Crippen LogP contribution in [0.1, 0.15) is 16.4 Å². The van der Waals surface area contributed by atoms with Crippen molar-refractivity contribution in [3.8, 4) is 5.88 Å². The highest BCUT2D eigenvalue weighted by molar-refractivity contribution is 5.89. The van der Waals surface area contributed by atoms with Gasteiger partial charge in [0.15, 0.2) is 16.9 Å². The van der Waals surface area contributed by atoms with Gasteiger partial charge in [-0.15, -0.1) is 0 Å². The van der Waals surface area contributed by atoms with Crippen LogP contribution in [-0.4, -0.2) is 36.0 Å². The van der Waals surface area contributed by atoms with Gasteiger partial charge >= 0.3 is 5.97 Å². The van der Waals surface area contributed by atoms with Crippen LogP contribution in [0.3, 0.4) is 0 Å². The number of carbonyl (C=O) groups excluding carboxylic acids is 1. The fourth-order valence-corrected chi connectivity index (χ4v) is 3.05. The zero-order valence-corrected chi connectivity index (χ0v) is 12.3. The number of hydrogen-bond donors (Lipinski definition) is 0. The number of ether oxygens (including phenoxy) is 3. The second-order valence-corrected chi connectivity index (χ2v) is 5.75. The average Bonchev–Trinajstić information content (AvgIpc) is 3.09. The number of carbonyl (C=O) groups is 1. The molecule has 3 heterocycles. The maximum absolute atomic E-state index is 12.1. The van der Waals surface area contributed by atoms with E-state index in [0.29, 0.717) is 24.7 Å². The van der Waals surface area contributed by atoms with Crippen molar-refractivity contribution in [1.29, 1.82) is 0 Å².